The third-order valence-corrected chi connectivity index (χ3v) is 4.08. The number of hydrogen-bond donors (Lipinski definition) is 1. The smallest absolute Gasteiger partial charge is 0.325 e. The lowest BCUT2D eigenvalue weighted by molar-refractivity contribution is 0.237. The molecule has 4 heteroatoms. The normalized spacial score (nSPS) is 12.0. The Morgan fingerprint density at radius 2 is 1.91 bits per heavy atom. The van der Waals surface area contributed by atoms with Gasteiger partial charge in [-0.2, -0.15) is 0 Å². The van der Waals surface area contributed by atoms with Crippen molar-refractivity contribution in [1.29, 1.82) is 0 Å². The van der Waals surface area contributed by atoms with Crippen molar-refractivity contribution in [2.75, 3.05) is 7.11 Å². The van der Waals surface area contributed by atoms with Gasteiger partial charge in [-0.15, -0.1) is 0 Å². The van der Waals surface area contributed by atoms with Crippen LogP contribution in [0.3, 0.4) is 0 Å². The van der Waals surface area contributed by atoms with Crippen LogP contribution in [0.4, 0.5) is 4.79 Å². The predicted molar refractivity (Wildman–Crippen MR) is 94.0 cm³/mol. The fourth-order valence-electron chi connectivity index (χ4n) is 2.56. The van der Waals surface area contributed by atoms with Crippen LogP contribution in [0, 0.1) is 0 Å². The average Bonchev–Trinajstić information content (AvgIpc) is 3.08. The number of unbranched alkanes of at least 4 members (excludes halogenated alkanes) is 1. The topological polar surface area (TPSA) is 43.3 Å². The lowest BCUT2D eigenvalue weighted by atomic mass is 10.1. The van der Waals surface area contributed by atoms with Crippen molar-refractivity contribution < 1.29 is 9.53 Å². The summed E-state index contributed by atoms with van der Waals surface area (Å²) in [7, 11) is 1.65. The highest BCUT2D eigenvalue weighted by molar-refractivity contribution is 5.79. The maximum atomic E-state index is 12.4. The number of carbonyl (C=O) groups excluding carboxylic acids is 1. The van der Waals surface area contributed by atoms with Crippen molar-refractivity contribution in [1.82, 2.24) is 9.88 Å². The first-order chi connectivity index (χ1) is 11.2. The van der Waals surface area contributed by atoms with E-state index in [4.69, 9.17) is 4.74 Å². The maximum Gasteiger partial charge on any atom is 0.325 e. The summed E-state index contributed by atoms with van der Waals surface area (Å²) >= 11 is 0. The largest absolute Gasteiger partial charge is 0.497 e. The summed E-state index contributed by atoms with van der Waals surface area (Å²) in [6, 6.07) is 9.96. The summed E-state index contributed by atoms with van der Waals surface area (Å²) in [4.78, 5) is 12.4. The van der Waals surface area contributed by atoms with E-state index < -0.39 is 0 Å². The van der Waals surface area contributed by atoms with E-state index in [2.05, 4.69) is 19.2 Å². The molecule has 4 nitrogen and oxygen atoms in total. The second kappa shape index (κ2) is 8.42. The standard InChI is InChI=1S/C19H26N2O2/c1-4-6-7-17(5-2)20-19(22)21-13-12-16(14-21)15-8-10-18(23-3)11-9-15/h8-14,17H,4-7H2,1-3H3,(H,20,22). The molecule has 0 aliphatic rings. The number of hydrogen-bond acceptors (Lipinski definition) is 2. The van der Waals surface area contributed by atoms with Gasteiger partial charge < -0.3 is 10.1 Å². The Hall–Kier alpha value is -2.23. The predicted octanol–water partition coefficient (Wildman–Crippen LogP) is 4.69. The number of rotatable bonds is 7. The molecule has 0 saturated carbocycles. The van der Waals surface area contributed by atoms with Crippen LogP contribution in [-0.4, -0.2) is 23.7 Å². The Morgan fingerprint density at radius 1 is 1.17 bits per heavy atom. The Morgan fingerprint density at radius 3 is 2.52 bits per heavy atom. The molecule has 1 N–H and O–H groups in total. The molecular formula is C19H26N2O2. The van der Waals surface area contributed by atoms with Gasteiger partial charge in [-0.05, 0) is 42.2 Å². The van der Waals surface area contributed by atoms with Gasteiger partial charge in [-0.3, -0.25) is 4.57 Å². The molecule has 124 valence electrons. The summed E-state index contributed by atoms with van der Waals surface area (Å²) in [5, 5.41) is 3.10. The van der Waals surface area contributed by atoms with Crippen LogP contribution in [0.1, 0.15) is 39.5 Å². The highest BCUT2D eigenvalue weighted by Gasteiger charge is 2.12. The quantitative estimate of drug-likeness (QED) is 0.805. The molecular weight excluding hydrogens is 288 g/mol. The third-order valence-electron chi connectivity index (χ3n) is 4.08. The summed E-state index contributed by atoms with van der Waals surface area (Å²) in [5.41, 5.74) is 2.08. The molecule has 1 aromatic heterocycles. The van der Waals surface area contributed by atoms with Crippen molar-refractivity contribution in [3.63, 3.8) is 0 Å². The highest BCUT2D eigenvalue weighted by Crippen LogP contribution is 2.22. The fourth-order valence-corrected chi connectivity index (χ4v) is 2.56. The second-order valence-electron chi connectivity index (χ2n) is 5.73. The van der Waals surface area contributed by atoms with E-state index in [0.29, 0.717) is 0 Å². The van der Waals surface area contributed by atoms with Crippen LogP contribution in [-0.2, 0) is 0 Å². The number of ether oxygens (including phenoxy) is 1. The highest BCUT2D eigenvalue weighted by atomic mass is 16.5. The first-order valence-corrected chi connectivity index (χ1v) is 8.31. The van der Waals surface area contributed by atoms with Crippen LogP contribution >= 0.6 is 0 Å². The van der Waals surface area contributed by atoms with Crippen molar-refractivity contribution >= 4 is 6.03 Å². The molecule has 1 atom stereocenters. The van der Waals surface area contributed by atoms with Crippen LogP contribution in [0.2, 0.25) is 0 Å². The lowest BCUT2D eigenvalue weighted by Gasteiger charge is -2.16. The number of benzene rings is 1. The van der Waals surface area contributed by atoms with Crippen molar-refractivity contribution in [3.8, 4) is 16.9 Å². The van der Waals surface area contributed by atoms with Gasteiger partial charge in [0.2, 0.25) is 0 Å². The molecule has 0 radical (unpaired) electrons. The fraction of sp³-hybridized carbons (Fsp3) is 0.421. The zero-order chi connectivity index (χ0) is 16.7. The summed E-state index contributed by atoms with van der Waals surface area (Å²) in [6.07, 6.45) is 7.95. The third kappa shape index (κ3) is 4.62. The molecule has 1 amide bonds. The Kier molecular flexibility index (Phi) is 6.27. The average molecular weight is 314 g/mol. The van der Waals surface area contributed by atoms with Gasteiger partial charge in [0.15, 0.2) is 0 Å². The van der Waals surface area contributed by atoms with E-state index in [1.807, 2.05) is 36.5 Å². The Bertz CT molecular complexity index is 617. The summed E-state index contributed by atoms with van der Waals surface area (Å²) < 4.78 is 6.79. The monoisotopic (exact) mass is 314 g/mol. The van der Waals surface area contributed by atoms with E-state index in [0.717, 1.165) is 42.6 Å². The molecule has 23 heavy (non-hydrogen) atoms. The van der Waals surface area contributed by atoms with Gasteiger partial charge in [0.05, 0.1) is 7.11 Å². The van der Waals surface area contributed by atoms with Gasteiger partial charge in [-0.25, -0.2) is 4.79 Å². The summed E-state index contributed by atoms with van der Waals surface area (Å²) in [6.45, 7) is 4.28. The zero-order valence-electron chi connectivity index (χ0n) is 14.2. The van der Waals surface area contributed by atoms with E-state index >= 15 is 0 Å². The van der Waals surface area contributed by atoms with Crippen molar-refractivity contribution in [2.24, 2.45) is 0 Å². The maximum absolute atomic E-state index is 12.4. The molecule has 0 aliphatic heterocycles. The Labute approximate surface area is 138 Å². The number of methoxy groups -OCH3 is 1. The first kappa shape index (κ1) is 17.1. The number of nitrogens with zero attached hydrogens (tertiary/aromatic N) is 1. The lowest BCUT2D eigenvalue weighted by Crippen LogP contribution is -2.36. The van der Waals surface area contributed by atoms with Gasteiger partial charge >= 0.3 is 6.03 Å². The Balaban J connectivity index is 2.03. The first-order valence-electron chi connectivity index (χ1n) is 8.31. The molecule has 0 spiro atoms. The second-order valence-corrected chi connectivity index (χ2v) is 5.73. The van der Waals surface area contributed by atoms with Crippen LogP contribution < -0.4 is 10.1 Å². The molecule has 0 aliphatic carbocycles. The van der Waals surface area contributed by atoms with Gasteiger partial charge in [0.1, 0.15) is 5.75 Å². The van der Waals surface area contributed by atoms with Gasteiger partial charge in [0.25, 0.3) is 0 Å². The molecule has 1 aromatic carbocycles. The van der Waals surface area contributed by atoms with Crippen LogP contribution in [0.25, 0.3) is 11.1 Å². The minimum atomic E-state index is -0.0623. The molecule has 0 fully saturated rings. The molecule has 1 heterocycles. The van der Waals surface area contributed by atoms with Crippen LogP contribution in [0.5, 0.6) is 5.75 Å². The number of aromatic nitrogens is 1. The molecule has 0 bridgehead atoms. The SMILES string of the molecule is CCCCC(CC)NC(=O)n1ccc(-c2ccc(OC)cc2)c1. The van der Waals surface area contributed by atoms with E-state index in [1.54, 1.807) is 17.9 Å². The molecule has 0 saturated heterocycles. The molecule has 2 aromatic rings. The van der Waals surface area contributed by atoms with Gasteiger partial charge in [0, 0.05) is 18.4 Å². The summed E-state index contributed by atoms with van der Waals surface area (Å²) in [5.74, 6) is 0.827. The van der Waals surface area contributed by atoms with Crippen molar-refractivity contribution in [2.45, 2.75) is 45.6 Å². The number of amides is 1. The van der Waals surface area contributed by atoms with Crippen molar-refractivity contribution in [3.05, 3.63) is 42.7 Å². The molecule has 2 rings (SSSR count). The zero-order valence-corrected chi connectivity index (χ0v) is 14.2. The number of carbonyl (C=O) groups is 1. The van der Waals surface area contributed by atoms with E-state index in [1.165, 1.54) is 0 Å². The minimum Gasteiger partial charge on any atom is -0.497 e. The van der Waals surface area contributed by atoms with E-state index in [-0.39, 0.29) is 12.1 Å². The molecule has 1 unspecified atom stereocenters. The van der Waals surface area contributed by atoms with E-state index in [9.17, 15) is 4.79 Å². The minimum absolute atomic E-state index is 0.0623. The van der Waals surface area contributed by atoms with Crippen LogP contribution in [0.15, 0.2) is 42.7 Å². The number of nitrogens with one attached hydrogen (secondary N) is 1. The van der Waals surface area contributed by atoms with Gasteiger partial charge in [-0.1, -0.05) is 38.8 Å².